The van der Waals surface area contributed by atoms with Gasteiger partial charge in [0.05, 0.1) is 11.4 Å². The molecule has 0 unspecified atom stereocenters. The van der Waals surface area contributed by atoms with Crippen molar-refractivity contribution < 1.29 is 0 Å². The highest BCUT2D eigenvalue weighted by Gasteiger charge is 2.39. The van der Waals surface area contributed by atoms with Crippen LogP contribution >= 0.6 is 0 Å². The third-order valence-electron chi connectivity index (χ3n) is 12.0. The van der Waals surface area contributed by atoms with Crippen molar-refractivity contribution in [3.63, 3.8) is 0 Å². The van der Waals surface area contributed by atoms with E-state index in [4.69, 9.17) is 9.97 Å². The molecule has 2 heteroatoms. The molecule has 11 rings (SSSR count). The molecule has 0 fully saturated rings. The number of aromatic nitrogens is 2. The lowest BCUT2D eigenvalue weighted by molar-refractivity contribution is 0.668. The van der Waals surface area contributed by atoms with Crippen molar-refractivity contribution in [3.05, 3.63) is 205 Å². The van der Waals surface area contributed by atoms with Crippen LogP contribution in [0.1, 0.15) is 25.0 Å². The molecule has 1 aliphatic carbocycles. The molecule has 268 valence electrons. The fraction of sp³-hybridized carbons (Fsp3) is 0.0545. The van der Waals surface area contributed by atoms with E-state index in [2.05, 4.69) is 202 Å². The van der Waals surface area contributed by atoms with E-state index in [0.717, 1.165) is 33.6 Å². The quantitative estimate of drug-likeness (QED) is 0.176. The Morgan fingerprint density at radius 3 is 1.63 bits per heavy atom. The van der Waals surface area contributed by atoms with Crippen LogP contribution in [0.5, 0.6) is 0 Å². The molecule has 57 heavy (non-hydrogen) atoms. The second-order valence-electron chi connectivity index (χ2n) is 15.7. The van der Waals surface area contributed by atoms with Gasteiger partial charge in [-0.1, -0.05) is 196 Å². The summed E-state index contributed by atoms with van der Waals surface area (Å²) in [5.74, 6) is 0.708. The largest absolute Gasteiger partial charge is 0.228 e. The van der Waals surface area contributed by atoms with Crippen LogP contribution in [0.4, 0.5) is 0 Å². The van der Waals surface area contributed by atoms with Crippen LogP contribution in [0.15, 0.2) is 194 Å². The second-order valence-corrected chi connectivity index (χ2v) is 15.7. The summed E-state index contributed by atoms with van der Waals surface area (Å²) >= 11 is 0. The maximum Gasteiger partial charge on any atom is 0.160 e. The average molecular weight is 727 g/mol. The van der Waals surface area contributed by atoms with Crippen molar-refractivity contribution in [1.82, 2.24) is 9.97 Å². The van der Waals surface area contributed by atoms with Gasteiger partial charge in [-0.25, -0.2) is 9.97 Å². The molecule has 0 amide bonds. The Labute approximate surface area is 332 Å². The first-order valence-corrected chi connectivity index (χ1v) is 19.7. The molecule has 2 nitrogen and oxygen atoms in total. The zero-order valence-corrected chi connectivity index (χ0v) is 31.9. The minimum absolute atomic E-state index is 0.186. The third kappa shape index (κ3) is 5.33. The molecule has 0 saturated heterocycles. The van der Waals surface area contributed by atoms with Gasteiger partial charge in [-0.05, 0) is 89.0 Å². The minimum atomic E-state index is -0.186. The predicted molar refractivity (Wildman–Crippen MR) is 239 cm³/mol. The summed E-state index contributed by atoms with van der Waals surface area (Å²) in [6.45, 7) is 4.79. The fourth-order valence-corrected chi connectivity index (χ4v) is 9.50. The highest BCUT2D eigenvalue weighted by molar-refractivity contribution is 6.07. The standard InChI is InChI=1S/C55H38N2/c1-55(2)52-42-23-9-7-16-36(42)29-30-49(52)48-28-14-27-47(53(48)55)45-31-32-46(44-25-11-10-24-43(44)45)51-34-50(56-54(57-51)37-17-4-3-5-18-37)39-21-12-20-38(33-39)41-26-13-19-35-15-6-8-22-40(35)41/h3-34H,1-2H3. The lowest BCUT2D eigenvalue weighted by Gasteiger charge is -2.26. The van der Waals surface area contributed by atoms with Crippen molar-refractivity contribution in [2.75, 3.05) is 0 Å². The molecule has 0 N–H and O–H groups in total. The summed E-state index contributed by atoms with van der Waals surface area (Å²) < 4.78 is 0. The van der Waals surface area contributed by atoms with Crippen molar-refractivity contribution in [2.24, 2.45) is 0 Å². The summed E-state index contributed by atoms with van der Waals surface area (Å²) in [7, 11) is 0. The lowest BCUT2D eigenvalue weighted by atomic mass is 9.77. The number of hydrogen-bond acceptors (Lipinski definition) is 2. The Hall–Kier alpha value is -7.16. The highest BCUT2D eigenvalue weighted by atomic mass is 14.9. The first-order chi connectivity index (χ1) is 28.0. The van der Waals surface area contributed by atoms with E-state index >= 15 is 0 Å². The van der Waals surface area contributed by atoms with Crippen LogP contribution in [0.25, 0.3) is 99.6 Å². The zero-order valence-electron chi connectivity index (χ0n) is 31.9. The average Bonchev–Trinajstić information content (AvgIpc) is 3.52. The summed E-state index contributed by atoms with van der Waals surface area (Å²) in [4.78, 5) is 10.5. The first-order valence-electron chi connectivity index (χ1n) is 19.7. The molecule has 0 spiro atoms. The Morgan fingerprint density at radius 1 is 0.316 bits per heavy atom. The lowest BCUT2D eigenvalue weighted by Crippen LogP contribution is -2.17. The van der Waals surface area contributed by atoms with Crippen molar-refractivity contribution in [1.29, 1.82) is 0 Å². The van der Waals surface area contributed by atoms with Gasteiger partial charge in [0.2, 0.25) is 0 Å². The van der Waals surface area contributed by atoms with Crippen LogP contribution in [0, 0.1) is 0 Å². The van der Waals surface area contributed by atoms with E-state index in [1.807, 2.05) is 6.07 Å². The summed E-state index contributed by atoms with van der Waals surface area (Å²) in [5.41, 5.74) is 15.1. The molecule has 0 saturated carbocycles. The SMILES string of the molecule is CC1(C)c2c(cccc2-c2ccc(-c3cc(-c4cccc(-c5cccc6ccccc56)c4)nc(-c4ccccc4)n3)c3ccccc23)-c2ccc3ccccc3c21. The van der Waals surface area contributed by atoms with Crippen LogP contribution in [-0.2, 0) is 5.41 Å². The fourth-order valence-electron chi connectivity index (χ4n) is 9.50. The van der Waals surface area contributed by atoms with Crippen molar-refractivity contribution >= 4 is 32.3 Å². The van der Waals surface area contributed by atoms with Gasteiger partial charge in [-0.2, -0.15) is 0 Å². The monoisotopic (exact) mass is 726 g/mol. The van der Waals surface area contributed by atoms with Gasteiger partial charge in [0.15, 0.2) is 5.82 Å². The third-order valence-corrected chi connectivity index (χ3v) is 12.0. The molecule has 0 atom stereocenters. The smallest absolute Gasteiger partial charge is 0.160 e. The summed E-state index contributed by atoms with van der Waals surface area (Å²) in [5, 5.41) is 7.46. The first kappa shape index (κ1) is 33.2. The Balaban J connectivity index is 1.09. The number of fused-ring (bicyclic) bond motifs is 7. The van der Waals surface area contributed by atoms with E-state index in [-0.39, 0.29) is 5.41 Å². The highest BCUT2D eigenvalue weighted by Crippen LogP contribution is 2.55. The van der Waals surface area contributed by atoms with Gasteiger partial charge in [-0.3, -0.25) is 0 Å². The van der Waals surface area contributed by atoms with Crippen LogP contribution in [0.3, 0.4) is 0 Å². The Morgan fingerprint density at radius 2 is 0.825 bits per heavy atom. The van der Waals surface area contributed by atoms with E-state index in [0.29, 0.717) is 5.82 Å². The topological polar surface area (TPSA) is 25.8 Å². The van der Waals surface area contributed by atoms with Gasteiger partial charge in [-0.15, -0.1) is 0 Å². The molecule has 0 bridgehead atoms. The van der Waals surface area contributed by atoms with Crippen molar-refractivity contribution in [3.8, 4) is 67.3 Å². The van der Waals surface area contributed by atoms with Gasteiger partial charge in [0.1, 0.15) is 0 Å². The minimum Gasteiger partial charge on any atom is -0.228 e. The van der Waals surface area contributed by atoms with E-state index in [9.17, 15) is 0 Å². The van der Waals surface area contributed by atoms with Crippen molar-refractivity contribution in [2.45, 2.75) is 19.3 Å². The molecule has 1 heterocycles. The normalized spacial score (nSPS) is 12.9. The van der Waals surface area contributed by atoms with Crippen LogP contribution in [0.2, 0.25) is 0 Å². The van der Waals surface area contributed by atoms with Crippen LogP contribution in [-0.4, -0.2) is 9.97 Å². The molecule has 0 radical (unpaired) electrons. The van der Waals surface area contributed by atoms with Gasteiger partial charge >= 0.3 is 0 Å². The number of benzene rings is 9. The van der Waals surface area contributed by atoms with Gasteiger partial charge in [0, 0.05) is 22.1 Å². The number of rotatable bonds is 5. The second kappa shape index (κ2) is 13.0. The molecule has 0 aliphatic heterocycles. The van der Waals surface area contributed by atoms with Gasteiger partial charge < -0.3 is 0 Å². The zero-order chi connectivity index (χ0) is 38.1. The molecule has 9 aromatic carbocycles. The number of nitrogens with zero attached hydrogens (tertiary/aromatic N) is 2. The maximum atomic E-state index is 5.30. The number of hydrogen-bond donors (Lipinski definition) is 0. The van der Waals surface area contributed by atoms with Gasteiger partial charge in [0.25, 0.3) is 0 Å². The molecule has 10 aromatic rings. The molecule has 1 aromatic heterocycles. The Kier molecular flexibility index (Phi) is 7.55. The van der Waals surface area contributed by atoms with E-state index in [1.165, 1.54) is 71.3 Å². The molecular weight excluding hydrogens is 689 g/mol. The Bertz CT molecular complexity index is 3210. The van der Waals surface area contributed by atoms with E-state index in [1.54, 1.807) is 0 Å². The van der Waals surface area contributed by atoms with Crippen LogP contribution < -0.4 is 0 Å². The maximum absolute atomic E-state index is 5.30. The van der Waals surface area contributed by atoms with E-state index < -0.39 is 0 Å². The predicted octanol–water partition coefficient (Wildman–Crippen LogP) is 14.6. The molecular formula is C55H38N2. The summed E-state index contributed by atoms with van der Waals surface area (Å²) in [6, 6.07) is 70.0. The molecule has 1 aliphatic rings. The summed E-state index contributed by atoms with van der Waals surface area (Å²) in [6.07, 6.45) is 0.